The minimum atomic E-state index is -0.356. The molecule has 0 saturated heterocycles. The lowest BCUT2D eigenvalue weighted by molar-refractivity contribution is -0.135. The van der Waals surface area contributed by atoms with Crippen molar-refractivity contribution < 1.29 is 14.3 Å². The Kier molecular flexibility index (Phi) is 4.73. The van der Waals surface area contributed by atoms with Gasteiger partial charge >= 0.3 is 0 Å². The molecule has 5 nitrogen and oxygen atoms in total. The van der Waals surface area contributed by atoms with E-state index in [0.29, 0.717) is 18.0 Å². The number of nitrogens with one attached hydrogen (secondary N) is 1. The number of carbonyl (C=O) groups excluding carboxylic acids is 1. The van der Waals surface area contributed by atoms with Crippen LogP contribution in [0.5, 0.6) is 11.5 Å². The van der Waals surface area contributed by atoms with Crippen LogP contribution in [-0.4, -0.2) is 26.7 Å². The van der Waals surface area contributed by atoms with Crippen LogP contribution in [0.2, 0.25) is 0 Å². The summed E-state index contributed by atoms with van der Waals surface area (Å²) in [6.45, 7) is 2.37. The zero-order valence-electron chi connectivity index (χ0n) is 12.9. The maximum atomic E-state index is 12.4. The summed E-state index contributed by atoms with van der Waals surface area (Å²) in [4.78, 5) is 12.4. The van der Waals surface area contributed by atoms with Crippen molar-refractivity contribution in [3.05, 3.63) is 23.8 Å². The summed E-state index contributed by atoms with van der Waals surface area (Å²) < 4.78 is 10.5. The smallest absolute Gasteiger partial charge is 0.227 e. The molecule has 1 aliphatic rings. The molecule has 1 fully saturated rings. The van der Waals surface area contributed by atoms with Gasteiger partial charge in [0.2, 0.25) is 5.91 Å². The van der Waals surface area contributed by atoms with Crippen molar-refractivity contribution in [1.82, 2.24) is 5.32 Å². The highest BCUT2D eigenvalue weighted by atomic mass is 16.5. The van der Waals surface area contributed by atoms with Gasteiger partial charge in [0.15, 0.2) is 11.5 Å². The number of methoxy groups -OCH3 is 2. The van der Waals surface area contributed by atoms with E-state index in [1.165, 1.54) is 0 Å². The molecule has 0 aliphatic heterocycles. The second-order valence-corrected chi connectivity index (χ2v) is 5.65. The van der Waals surface area contributed by atoms with Gasteiger partial charge in [0.25, 0.3) is 0 Å². The van der Waals surface area contributed by atoms with Gasteiger partial charge in [-0.1, -0.05) is 12.5 Å². The summed E-state index contributed by atoms with van der Waals surface area (Å²) in [5.74, 6) is 1.39. The molecule has 116 valence electrons. The average molecular weight is 292 g/mol. The van der Waals surface area contributed by atoms with Gasteiger partial charge in [-0.15, -0.1) is 0 Å². The fourth-order valence-electron chi connectivity index (χ4n) is 2.68. The molecule has 0 heterocycles. The van der Waals surface area contributed by atoms with Crippen LogP contribution in [-0.2, 0) is 4.79 Å². The van der Waals surface area contributed by atoms with Crippen molar-refractivity contribution in [1.29, 1.82) is 0 Å². The first-order valence-corrected chi connectivity index (χ1v) is 7.29. The Hall–Kier alpha value is -1.75. The Labute approximate surface area is 125 Å². The van der Waals surface area contributed by atoms with Crippen molar-refractivity contribution >= 4 is 5.91 Å². The molecule has 1 aromatic carbocycles. The highest BCUT2D eigenvalue weighted by Crippen LogP contribution is 2.40. The SMILES string of the molecule is COc1ccc(C(C)NC(=O)C2(CN)CCC2)cc1OC. The zero-order valence-corrected chi connectivity index (χ0v) is 12.9. The minimum Gasteiger partial charge on any atom is -0.493 e. The number of amides is 1. The predicted molar refractivity (Wildman–Crippen MR) is 81.4 cm³/mol. The predicted octanol–water partition coefficient (Wildman–Crippen LogP) is 2.01. The summed E-state index contributed by atoms with van der Waals surface area (Å²) in [6, 6.07) is 5.57. The Morgan fingerprint density at radius 2 is 2.00 bits per heavy atom. The normalized spacial score (nSPS) is 17.5. The Morgan fingerprint density at radius 1 is 1.33 bits per heavy atom. The van der Waals surface area contributed by atoms with Gasteiger partial charge in [0.05, 0.1) is 25.7 Å². The van der Waals surface area contributed by atoms with Gasteiger partial charge in [-0.2, -0.15) is 0 Å². The maximum absolute atomic E-state index is 12.4. The highest BCUT2D eigenvalue weighted by Gasteiger charge is 2.43. The van der Waals surface area contributed by atoms with E-state index in [1.807, 2.05) is 25.1 Å². The number of rotatable bonds is 6. The first kappa shape index (κ1) is 15.6. The van der Waals surface area contributed by atoms with E-state index in [9.17, 15) is 4.79 Å². The third-order valence-electron chi connectivity index (χ3n) is 4.44. The lowest BCUT2D eigenvalue weighted by Gasteiger charge is -2.39. The molecule has 1 amide bonds. The maximum Gasteiger partial charge on any atom is 0.227 e. The van der Waals surface area contributed by atoms with Gasteiger partial charge in [-0.05, 0) is 37.5 Å². The van der Waals surface area contributed by atoms with E-state index in [2.05, 4.69) is 5.32 Å². The first-order valence-electron chi connectivity index (χ1n) is 7.29. The van der Waals surface area contributed by atoms with Crippen LogP contribution in [0.1, 0.15) is 37.8 Å². The lowest BCUT2D eigenvalue weighted by atomic mass is 9.68. The van der Waals surface area contributed by atoms with Crippen LogP contribution in [0.25, 0.3) is 0 Å². The first-order chi connectivity index (χ1) is 10.1. The number of benzene rings is 1. The van der Waals surface area contributed by atoms with E-state index < -0.39 is 0 Å². The molecule has 0 radical (unpaired) electrons. The molecule has 5 heteroatoms. The van der Waals surface area contributed by atoms with E-state index in [0.717, 1.165) is 24.8 Å². The molecule has 0 aromatic heterocycles. The van der Waals surface area contributed by atoms with Crippen LogP contribution in [0.15, 0.2) is 18.2 Å². The number of carbonyl (C=O) groups is 1. The molecule has 3 N–H and O–H groups in total. The molecule has 0 spiro atoms. The van der Waals surface area contributed by atoms with Crippen molar-refractivity contribution in [3.8, 4) is 11.5 Å². The number of hydrogen-bond acceptors (Lipinski definition) is 4. The largest absolute Gasteiger partial charge is 0.493 e. The van der Waals surface area contributed by atoms with Crippen LogP contribution in [0, 0.1) is 5.41 Å². The monoisotopic (exact) mass is 292 g/mol. The quantitative estimate of drug-likeness (QED) is 0.841. The number of nitrogens with two attached hydrogens (primary N) is 1. The summed E-state index contributed by atoms with van der Waals surface area (Å²) in [5.41, 5.74) is 6.39. The van der Waals surface area contributed by atoms with Crippen molar-refractivity contribution in [2.75, 3.05) is 20.8 Å². The van der Waals surface area contributed by atoms with Gasteiger partial charge in [0.1, 0.15) is 0 Å². The lowest BCUT2D eigenvalue weighted by Crippen LogP contribution is -2.50. The van der Waals surface area contributed by atoms with Gasteiger partial charge < -0.3 is 20.5 Å². The average Bonchev–Trinajstić information content (AvgIpc) is 2.45. The van der Waals surface area contributed by atoms with Crippen LogP contribution >= 0.6 is 0 Å². The molecule has 1 saturated carbocycles. The Balaban J connectivity index is 2.09. The fourth-order valence-corrected chi connectivity index (χ4v) is 2.68. The molecular weight excluding hydrogens is 268 g/mol. The fraction of sp³-hybridized carbons (Fsp3) is 0.562. The molecule has 21 heavy (non-hydrogen) atoms. The van der Waals surface area contributed by atoms with Crippen LogP contribution < -0.4 is 20.5 Å². The highest BCUT2D eigenvalue weighted by molar-refractivity contribution is 5.84. The van der Waals surface area contributed by atoms with Gasteiger partial charge in [-0.25, -0.2) is 0 Å². The van der Waals surface area contributed by atoms with Crippen molar-refractivity contribution in [3.63, 3.8) is 0 Å². The third-order valence-corrected chi connectivity index (χ3v) is 4.44. The van der Waals surface area contributed by atoms with E-state index in [4.69, 9.17) is 15.2 Å². The minimum absolute atomic E-state index is 0.0542. The van der Waals surface area contributed by atoms with Gasteiger partial charge in [0, 0.05) is 6.54 Å². The molecule has 2 rings (SSSR count). The second kappa shape index (κ2) is 6.35. The summed E-state index contributed by atoms with van der Waals surface area (Å²) in [7, 11) is 3.20. The summed E-state index contributed by atoms with van der Waals surface area (Å²) in [6.07, 6.45) is 2.84. The number of hydrogen-bond donors (Lipinski definition) is 2. The third kappa shape index (κ3) is 2.97. The van der Waals surface area contributed by atoms with Gasteiger partial charge in [-0.3, -0.25) is 4.79 Å². The van der Waals surface area contributed by atoms with E-state index >= 15 is 0 Å². The van der Waals surface area contributed by atoms with E-state index in [-0.39, 0.29) is 17.4 Å². The zero-order chi connectivity index (χ0) is 15.5. The van der Waals surface area contributed by atoms with Crippen molar-refractivity contribution in [2.24, 2.45) is 11.1 Å². The molecular formula is C16H24N2O3. The molecule has 1 atom stereocenters. The summed E-state index contributed by atoms with van der Waals surface area (Å²) in [5, 5.41) is 3.06. The standard InChI is InChI=1S/C16H24N2O3/c1-11(18-15(19)16(10-17)7-4-8-16)12-5-6-13(20-2)14(9-12)21-3/h5-6,9,11H,4,7-8,10,17H2,1-3H3,(H,18,19). The molecule has 1 aromatic rings. The molecule has 0 bridgehead atoms. The second-order valence-electron chi connectivity index (χ2n) is 5.65. The molecule has 1 unspecified atom stereocenters. The Bertz CT molecular complexity index is 507. The molecule has 1 aliphatic carbocycles. The van der Waals surface area contributed by atoms with Crippen molar-refractivity contribution in [2.45, 2.75) is 32.2 Å². The van der Waals surface area contributed by atoms with Crippen LogP contribution in [0.4, 0.5) is 0 Å². The summed E-state index contributed by atoms with van der Waals surface area (Å²) >= 11 is 0. The number of ether oxygens (including phenoxy) is 2. The van der Waals surface area contributed by atoms with E-state index in [1.54, 1.807) is 14.2 Å². The topological polar surface area (TPSA) is 73.6 Å². The van der Waals surface area contributed by atoms with Crippen LogP contribution in [0.3, 0.4) is 0 Å². The Morgan fingerprint density at radius 3 is 2.48 bits per heavy atom.